The highest BCUT2D eigenvalue weighted by atomic mass is 16.6. The minimum atomic E-state index is -1.35. The first-order chi connectivity index (χ1) is 7.52. The van der Waals surface area contributed by atoms with E-state index in [-0.39, 0.29) is 12.0 Å². The summed E-state index contributed by atoms with van der Waals surface area (Å²) in [7, 11) is 0. The molecule has 1 aliphatic carbocycles. The summed E-state index contributed by atoms with van der Waals surface area (Å²) in [5.41, 5.74) is -0.303. The molecule has 0 aromatic rings. The zero-order valence-corrected chi connectivity index (χ0v) is 9.16. The molecule has 16 heavy (non-hydrogen) atoms. The zero-order chi connectivity index (χ0) is 12.7. The lowest BCUT2D eigenvalue weighted by Crippen LogP contribution is -2.29. The van der Waals surface area contributed by atoms with E-state index in [1.165, 1.54) is 12.2 Å². The Bertz CT molecular complexity index is 321. The Morgan fingerprint density at radius 3 is 2.56 bits per heavy atom. The molecule has 0 aliphatic heterocycles. The van der Waals surface area contributed by atoms with Gasteiger partial charge in [-0.1, -0.05) is 26.0 Å². The second kappa shape index (κ2) is 6.73. The van der Waals surface area contributed by atoms with Crippen molar-refractivity contribution in [2.45, 2.75) is 32.4 Å². The van der Waals surface area contributed by atoms with Gasteiger partial charge in [0.1, 0.15) is 5.57 Å². The molecule has 2 atom stereocenters. The maximum Gasteiger partial charge on any atom is 0.338 e. The smallest absolute Gasteiger partial charge is 0.338 e. The number of carbonyl (C=O) groups is 1. The molecule has 0 heterocycles. The monoisotopic (exact) mass is 229 g/mol. The number of aliphatic hydroxyl groups is 1. The predicted molar refractivity (Wildman–Crippen MR) is 57.6 cm³/mol. The molecule has 1 aliphatic rings. The summed E-state index contributed by atoms with van der Waals surface area (Å²) in [6.07, 6.45) is 2.61. The molecule has 0 aromatic carbocycles. The van der Waals surface area contributed by atoms with Crippen LogP contribution >= 0.6 is 0 Å². The van der Waals surface area contributed by atoms with E-state index >= 15 is 0 Å². The number of rotatable bonds is 2. The molecule has 2 unspecified atom stereocenters. The number of hydrogen-bond donors (Lipinski definition) is 2. The fraction of sp³-hybridized carbons (Fsp3) is 0.500. The molecule has 90 valence electrons. The lowest BCUT2D eigenvalue weighted by molar-refractivity contribution is -0.513. The van der Waals surface area contributed by atoms with Crippen molar-refractivity contribution in [2.24, 2.45) is 0 Å². The first-order valence-corrected chi connectivity index (χ1v) is 4.95. The third kappa shape index (κ3) is 3.82. The van der Waals surface area contributed by atoms with Crippen molar-refractivity contribution in [1.29, 1.82) is 0 Å². The Morgan fingerprint density at radius 2 is 2.12 bits per heavy atom. The van der Waals surface area contributed by atoms with Gasteiger partial charge in [-0.25, -0.2) is 4.79 Å². The van der Waals surface area contributed by atoms with E-state index < -0.39 is 23.0 Å². The third-order valence-corrected chi connectivity index (χ3v) is 1.93. The summed E-state index contributed by atoms with van der Waals surface area (Å²) in [5, 5.41) is 28.4. The number of hydrogen-bond acceptors (Lipinski definition) is 4. The van der Waals surface area contributed by atoms with Crippen LogP contribution in [0.1, 0.15) is 20.3 Å². The highest BCUT2D eigenvalue weighted by molar-refractivity contribution is 5.88. The van der Waals surface area contributed by atoms with Crippen LogP contribution in [-0.2, 0) is 4.79 Å². The van der Waals surface area contributed by atoms with Crippen LogP contribution in [-0.4, -0.2) is 33.3 Å². The molecule has 0 bridgehead atoms. The van der Waals surface area contributed by atoms with Crippen LogP contribution in [0.3, 0.4) is 0 Å². The Balaban J connectivity index is 0.00000106. The van der Waals surface area contributed by atoms with Gasteiger partial charge in [0.2, 0.25) is 6.04 Å². The first-order valence-electron chi connectivity index (χ1n) is 4.95. The predicted octanol–water partition coefficient (Wildman–Crippen LogP) is 0.990. The van der Waals surface area contributed by atoms with E-state index in [0.29, 0.717) is 0 Å². The summed E-state index contributed by atoms with van der Waals surface area (Å²) in [6.45, 7) is 4.00. The van der Waals surface area contributed by atoms with Crippen molar-refractivity contribution in [3.63, 3.8) is 0 Å². The molecular weight excluding hydrogens is 214 g/mol. The molecular formula is C10H15NO5. The standard InChI is InChI=1S/C8H9NO5.C2H6/c10-5-2-1-3-6(8(11)12)7(4-5)9(13)14;1-2/h1-3,5,7,10H,4H2,(H,11,12);1-2H3. The van der Waals surface area contributed by atoms with Gasteiger partial charge in [0, 0.05) is 11.3 Å². The van der Waals surface area contributed by atoms with E-state index in [0.717, 1.165) is 6.08 Å². The highest BCUT2D eigenvalue weighted by Gasteiger charge is 2.33. The van der Waals surface area contributed by atoms with Crippen LogP contribution in [0, 0.1) is 10.1 Å². The Labute approximate surface area is 93.0 Å². The number of nitrogens with zero attached hydrogens (tertiary/aromatic N) is 1. The molecule has 6 nitrogen and oxygen atoms in total. The summed E-state index contributed by atoms with van der Waals surface area (Å²) in [5.74, 6) is -1.33. The van der Waals surface area contributed by atoms with Crippen molar-refractivity contribution in [3.05, 3.63) is 33.9 Å². The molecule has 0 amide bonds. The molecule has 1 rings (SSSR count). The maximum atomic E-state index is 10.6. The molecule has 0 saturated carbocycles. The minimum Gasteiger partial charge on any atom is -0.478 e. The maximum absolute atomic E-state index is 10.6. The lowest BCUT2D eigenvalue weighted by Gasteiger charge is -2.09. The lowest BCUT2D eigenvalue weighted by atomic mass is 10.0. The van der Waals surface area contributed by atoms with Crippen molar-refractivity contribution < 1.29 is 19.9 Å². The molecule has 0 fully saturated rings. The van der Waals surface area contributed by atoms with Gasteiger partial charge in [0.05, 0.1) is 6.10 Å². The van der Waals surface area contributed by atoms with Gasteiger partial charge in [-0.15, -0.1) is 0 Å². The number of aliphatic hydroxyl groups excluding tert-OH is 1. The van der Waals surface area contributed by atoms with Crippen LogP contribution in [0.2, 0.25) is 0 Å². The van der Waals surface area contributed by atoms with E-state index in [1.54, 1.807) is 0 Å². The molecule has 0 aromatic heterocycles. The quantitative estimate of drug-likeness (QED) is 0.543. The highest BCUT2D eigenvalue weighted by Crippen LogP contribution is 2.17. The zero-order valence-electron chi connectivity index (χ0n) is 9.16. The fourth-order valence-corrected chi connectivity index (χ4v) is 1.25. The molecule has 0 radical (unpaired) electrons. The fourth-order valence-electron chi connectivity index (χ4n) is 1.25. The summed E-state index contributed by atoms with van der Waals surface area (Å²) >= 11 is 0. The Kier molecular flexibility index (Phi) is 6.02. The van der Waals surface area contributed by atoms with Crippen LogP contribution < -0.4 is 0 Å². The van der Waals surface area contributed by atoms with Gasteiger partial charge in [0.25, 0.3) is 0 Å². The van der Waals surface area contributed by atoms with Crippen LogP contribution in [0.25, 0.3) is 0 Å². The second-order valence-corrected chi connectivity index (χ2v) is 2.92. The average Bonchev–Trinajstić information content (AvgIpc) is 2.43. The first kappa shape index (κ1) is 14.3. The number of aliphatic carboxylic acids is 1. The minimum absolute atomic E-state index is 0.207. The summed E-state index contributed by atoms with van der Waals surface area (Å²) in [6, 6.07) is -1.35. The topological polar surface area (TPSA) is 101 Å². The number of carboxylic acids is 1. The van der Waals surface area contributed by atoms with Crippen LogP contribution in [0.5, 0.6) is 0 Å². The van der Waals surface area contributed by atoms with Gasteiger partial charge in [-0.05, 0) is 6.08 Å². The number of carboxylic acid groups (broad SMARTS) is 1. The SMILES string of the molecule is CC.O=C(O)C1=CC=CC(O)CC1[N+](=O)[O-]. The number of allylic oxidation sites excluding steroid dienone is 2. The van der Waals surface area contributed by atoms with E-state index in [1.807, 2.05) is 13.8 Å². The Hall–Kier alpha value is -1.69. The van der Waals surface area contributed by atoms with Crippen molar-refractivity contribution in [1.82, 2.24) is 0 Å². The largest absolute Gasteiger partial charge is 0.478 e. The van der Waals surface area contributed by atoms with Gasteiger partial charge in [-0.2, -0.15) is 0 Å². The van der Waals surface area contributed by atoms with Crippen molar-refractivity contribution in [3.8, 4) is 0 Å². The number of nitro groups is 1. The van der Waals surface area contributed by atoms with Gasteiger partial charge < -0.3 is 10.2 Å². The normalized spacial score (nSPS) is 23.6. The van der Waals surface area contributed by atoms with Crippen molar-refractivity contribution >= 4 is 5.97 Å². The van der Waals surface area contributed by atoms with Crippen LogP contribution in [0.4, 0.5) is 0 Å². The average molecular weight is 229 g/mol. The van der Waals surface area contributed by atoms with Gasteiger partial charge in [0.15, 0.2) is 0 Å². The van der Waals surface area contributed by atoms with E-state index in [4.69, 9.17) is 5.11 Å². The van der Waals surface area contributed by atoms with Crippen molar-refractivity contribution in [2.75, 3.05) is 0 Å². The molecule has 6 heteroatoms. The molecule has 0 saturated heterocycles. The molecule has 0 spiro atoms. The van der Waals surface area contributed by atoms with Crippen LogP contribution in [0.15, 0.2) is 23.8 Å². The molecule has 2 N–H and O–H groups in total. The van der Waals surface area contributed by atoms with Gasteiger partial charge >= 0.3 is 5.97 Å². The van der Waals surface area contributed by atoms with E-state index in [2.05, 4.69) is 0 Å². The second-order valence-electron chi connectivity index (χ2n) is 2.92. The summed E-state index contributed by atoms with van der Waals surface area (Å²) < 4.78 is 0. The Morgan fingerprint density at radius 1 is 1.56 bits per heavy atom. The third-order valence-electron chi connectivity index (χ3n) is 1.93. The summed E-state index contributed by atoms with van der Waals surface area (Å²) in [4.78, 5) is 20.5. The van der Waals surface area contributed by atoms with Gasteiger partial charge in [-0.3, -0.25) is 10.1 Å². The van der Waals surface area contributed by atoms with E-state index in [9.17, 15) is 20.0 Å².